The Morgan fingerprint density at radius 1 is 1.19 bits per heavy atom. The van der Waals surface area contributed by atoms with E-state index in [1.165, 1.54) is 16.5 Å². The van der Waals surface area contributed by atoms with Crippen LogP contribution in [0.25, 0.3) is 10.2 Å². The molecule has 2 aromatic carbocycles. The maximum Gasteiger partial charge on any atom is 0.237 e. The second-order valence-corrected chi connectivity index (χ2v) is 10.6. The summed E-state index contributed by atoms with van der Waals surface area (Å²) in [6.07, 6.45) is 0. The number of anilines is 1. The molecular weight excluding hydrogens is 470 g/mol. The number of hydrogen-bond donors (Lipinski definition) is 1. The number of carbonyl (C=O) groups is 1. The zero-order valence-electron chi connectivity index (χ0n) is 16.9. The molecule has 0 fully saturated rings. The van der Waals surface area contributed by atoms with Crippen LogP contribution in [0.3, 0.4) is 0 Å². The first-order valence-electron chi connectivity index (χ1n) is 9.67. The number of hydrogen-bond acceptors (Lipinski definition) is 7. The molecule has 0 radical (unpaired) electrons. The van der Waals surface area contributed by atoms with E-state index in [-0.39, 0.29) is 11.2 Å². The van der Waals surface area contributed by atoms with E-state index < -0.39 is 0 Å². The third-order valence-electron chi connectivity index (χ3n) is 4.47. The van der Waals surface area contributed by atoms with E-state index in [1.807, 2.05) is 25.1 Å². The molecule has 160 valence electrons. The second-order valence-electron chi connectivity index (χ2n) is 6.64. The van der Waals surface area contributed by atoms with E-state index in [9.17, 15) is 4.79 Å². The van der Waals surface area contributed by atoms with E-state index in [0.717, 1.165) is 27.4 Å². The minimum atomic E-state index is -0.324. The van der Waals surface area contributed by atoms with Crippen LogP contribution >= 0.6 is 46.5 Å². The van der Waals surface area contributed by atoms with Gasteiger partial charge in [-0.3, -0.25) is 4.79 Å². The zero-order chi connectivity index (χ0) is 21.8. The average molecular weight is 490 g/mol. The molecule has 2 aromatic heterocycles. The third kappa shape index (κ3) is 5.41. The van der Waals surface area contributed by atoms with Crippen LogP contribution in [-0.4, -0.2) is 30.9 Å². The SMILES string of the molecule is CCn1c(CSc2nc3ccccc3s2)nnc1SC(C)C(=O)Nc1ccc(Cl)cc1. The Balaban J connectivity index is 1.39. The van der Waals surface area contributed by atoms with Crippen molar-refractivity contribution in [3.63, 3.8) is 0 Å². The maximum absolute atomic E-state index is 12.6. The van der Waals surface area contributed by atoms with Gasteiger partial charge < -0.3 is 9.88 Å². The fraction of sp³-hybridized carbons (Fsp3) is 0.238. The van der Waals surface area contributed by atoms with Gasteiger partial charge in [0.05, 0.1) is 21.2 Å². The molecular formula is C21H20ClN5OS3. The highest BCUT2D eigenvalue weighted by Gasteiger charge is 2.20. The van der Waals surface area contributed by atoms with Crippen LogP contribution in [0.1, 0.15) is 19.7 Å². The Morgan fingerprint density at radius 2 is 1.97 bits per heavy atom. The molecule has 31 heavy (non-hydrogen) atoms. The largest absolute Gasteiger partial charge is 0.325 e. The van der Waals surface area contributed by atoms with Crippen LogP contribution in [0.2, 0.25) is 5.02 Å². The summed E-state index contributed by atoms with van der Waals surface area (Å²) in [7, 11) is 0. The molecule has 6 nitrogen and oxygen atoms in total. The van der Waals surface area contributed by atoms with Crippen molar-refractivity contribution >= 4 is 68.3 Å². The van der Waals surface area contributed by atoms with Crippen molar-refractivity contribution in [2.75, 3.05) is 5.32 Å². The third-order valence-corrected chi connectivity index (χ3v) is 7.98. The smallest absolute Gasteiger partial charge is 0.237 e. The van der Waals surface area contributed by atoms with Gasteiger partial charge in [0.25, 0.3) is 0 Å². The fourth-order valence-electron chi connectivity index (χ4n) is 2.86. The lowest BCUT2D eigenvalue weighted by Crippen LogP contribution is -2.23. The van der Waals surface area contributed by atoms with E-state index in [0.29, 0.717) is 16.5 Å². The number of aromatic nitrogens is 4. The molecule has 10 heteroatoms. The number of thioether (sulfide) groups is 2. The van der Waals surface area contributed by atoms with Crippen LogP contribution in [0, 0.1) is 0 Å². The summed E-state index contributed by atoms with van der Waals surface area (Å²) in [4.78, 5) is 17.2. The van der Waals surface area contributed by atoms with E-state index in [2.05, 4.69) is 38.1 Å². The Morgan fingerprint density at radius 3 is 2.71 bits per heavy atom. The van der Waals surface area contributed by atoms with Gasteiger partial charge in [-0.2, -0.15) is 0 Å². The maximum atomic E-state index is 12.6. The Labute approximate surface area is 197 Å². The number of amides is 1. The zero-order valence-corrected chi connectivity index (χ0v) is 20.1. The minimum absolute atomic E-state index is 0.0941. The molecule has 0 aliphatic carbocycles. The molecule has 0 bridgehead atoms. The average Bonchev–Trinajstić information content (AvgIpc) is 3.36. The lowest BCUT2D eigenvalue weighted by Gasteiger charge is -2.12. The number of benzene rings is 2. The molecule has 1 N–H and O–H groups in total. The van der Waals surface area contributed by atoms with E-state index in [1.54, 1.807) is 47.4 Å². The van der Waals surface area contributed by atoms with Crippen LogP contribution in [-0.2, 0) is 17.1 Å². The van der Waals surface area contributed by atoms with Crippen LogP contribution in [0.4, 0.5) is 5.69 Å². The predicted molar refractivity (Wildman–Crippen MR) is 130 cm³/mol. The monoisotopic (exact) mass is 489 g/mol. The van der Waals surface area contributed by atoms with Crippen molar-refractivity contribution in [3.8, 4) is 0 Å². The number of carbonyl (C=O) groups excluding carboxylic acids is 1. The van der Waals surface area contributed by atoms with Gasteiger partial charge >= 0.3 is 0 Å². The van der Waals surface area contributed by atoms with Gasteiger partial charge in [-0.15, -0.1) is 21.5 Å². The molecule has 1 atom stereocenters. The fourth-order valence-corrected chi connectivity index (χ4v) is 5.92. The summed E-state index contributed by atoms with van der Waals surface area (Å²) in [6.45, 7) is 4.65. The summed E-state index contributed by atoms with van der Waals surface area (Å²) in [5.41, 5.74) is 1.73. The van der Waals surface area contributed by atoms with Crippen molar-refractivity contribution in [2.45, 2.75) is 40.9 Å². The molecule has 1 unspecified atom stereocenters. The van der Waals surface area contributed by atoms with Gasteiger partial charge in [0.15, 0.2) is 9.50 Å². The number of fused-ring (bicyclic) bond motifs is 1. The predicted octanol–water partition coefficient (Wildman–Crippen LogP) is 5.97. The molecule has 0 saturated heterocycles. The number of rotatable bonds is 8. The van der Waals surface area contributed by atoms with Crippen LogP contribution < -0.4 is 5.32 Å². The first kappa shape index (κ1) is 22.1. The van der Waals surface area contributed by atoms with Crippen molar-refractivity contribution in [1.82, 2.24) is 19.7 Å². The van der Waals surface area contributed by atoms with Gasteiger partial charge in [0.1, 0.15) is 5.82 Å². The molecule has 0 aliphatic heterocycles. The Kier molecular flexibility index (Phi) is 7.16. The highest BCUT2D eigenvalue weighted by Crippen LogP contribution is 2.32. The molecule has 0 aliphatic rings. The van der Waals surface area contributed by atoms with Gasteiger partial charge in [0, 0.05) is 17.3 Å². The normalized spacial score (nSPS) is 12.2. The van der Waals surface area contributed by atoms with Crippen LogP contribution in [0.5, 0.6) is 0 Å². The molecule has 4 aromatic rings. The lowest BCUT2D eigenvalue weighted by atomic mass is 10.3. The molecule has 0 spiro atoms. The van der Waals surface area contributed by atoms with Crippen molar-refractivity contribution in [3.05, 3.63) is 59.4 Å². The summed E-state index contributed by atoms with van der Waals surface area (Å²) >= 11 is 10.6. The summed E-state index contributed by atoms with van der Waals surface area (Å²) in [5.74, 6) is 1.45. The summed E-state index contributed by atoms with van der Waals surface area (Å²) in [6, 6.07) is 15.2. The Bertz CT molecular complexity index is 1160. The topological polar surface area (TPSA) is 72.7 Å². The van der Waals surface area contributed by atoms with Crippen molar-refractivity contribution in [1.29, 1.82) is 0 Å². The summed E-state index contributed by atoms with van der Waals surface area (Å²) < 4.78 is 4.24. The van der Waals surface area contributed by atoms with E-state index >= 15 is 0 Å². The number of nitrogens with zero attached hydrogens (tertiary/aromatic N) is 4. The quantitative estimate of drug-likeness (QED) is 0.307. The number of para-hydroxylation sites is 1. The van der Waals surface area contributed by atoms with Gasteiger partial charge in [-0.1, -0.05) is 47.3 Å². The van der Waals surface area contributed by atoms with Crippen LogP contribution in [0.15, 0.2) is 58.0 Å². The highest BCUT2D eigenvalue weighted by molar-refractivity contribution is 8.00. The standard InChI is InChI=1S/C21H20ClN5OS3/c1-3-27-18(12-29-21-24-16-6-4-5-7-17(16)31-21)25-26-20(27)30-13(2)19(28)23-15-10-8-14(22)9-11-15/h4-11,13H,3,12H2,1-2H3,(H,23,28). The van der Waals surface area contributed by atoms with Crippen molar-refractivity contribution in [2.24, 2.45) is 0 Å². The summed E-state index contributed by atoms with van der Waals surface area (Å²) in [5, 5.41) is 12.6. The number of halogens is 1. The lowest BCUT2D eigenvalue weighted by molar-refractivity contribution is -0.115. The minimum Gasteiger partial charge on any atom is -0.325 e. The molecule has 2 heterocycles. The molecule has 1 amide bonds. The first-order chi connectivity index (χ1) is 15.0. The highest BCUT2D eigenvalue weighted by atomic mass is 35.5. The van der Waals surface area contributed by atoms with Gasteiger partial charge in [-0.05, 0) is 50.2 Å². The molecule has 4 rings (SSSR count). The Hall–Kier alpha value is -2.07. The first-order valence-corrected chi connectivity index (χ1v) is 12.7. The molecule has 0 saturated carbocycles. The second kappa shape index (κ2) is 10.0. The van der Waals surface area contributed by atoms with Crippen molar-refractivity contribution < 1.29 is 4.79 Å². The van der Waals surface area contributed by atoms with Gasteiger partial charge in [0.2, 0.25) is 5.91 Å². The van der Waals surface area contributed by atoms with E-state index in [4.69, 9.17) is 11.6 Å². The number of thiazole rings is 1. The van der Waals surface area contributed by atoms with Gasteiger partial charge in [-0.25, -0.2) is 4.98 Å². The number of nitrogens with one attached hydrogen (secondary N) is 1.